The van der Waals surface area contributed by atoms with Gasteiger partial charge < -0.3 is 20.4 Å². The smallest absolute Gasteiger partial charge is 0.303 e. The minimum atomic E-state index is -0.787. The summed E-state index contributed by atoms with van der Waals surface area (Å²) in [6.07, 6.45) is 12.3. The first-order chi connectivity index (χ1) is 12.0. The minimum absolute atomic E-state index is 0.0650. The number of hydrogen-bond acceptors (Lipinski definition) is 4. The van der Waals surface area contributed by atoms with Crippen LogP contribution in [-0.2, 0) is 4.79 Å². The van der Waals surface area contributed by atoms with Crippen LogP contribution in [0.25, 0.3) is 0 Å². The number of allylic oxidation sites excluding steroid dienone is 2. The number of aliphatic carboxylic acids is 1. The fourth-order valence-corrected chi connectivity index (χ4v) is 3.41. The minimum Gasteiger partial charge on any atom is -0.481 e. The van der Waals surface area contributed by atoms with E-state index in [1.165, 1.54) is 0 Å². The van der Waals surface area contributed by atoms with Gasteiger partial charge in [-0.05, 0) is 31.6 Å². The second kappa shape index (κ2) is 12.2. The van der Waals surface area contributed by atoms with Crippen molar-refractivity contribution in [2.75, 3.05) is 0 Å². The van der Waals surface area contributed by atoms with Crippen LogP contribution in [0.1, 0.15) is 64.7 Å². The molecule has 3 unspecified atom stereocenters. The standard InChI is InChI=1S/C20H34O5/c1-2-3-6-9-15(21)12-13-17-16(18(22)14-19(17)23)10-7-4-5-8-11-20(24)25/h4,7,12-13,15-19,21-23H,2-3,5-6,8-11,14H2,1H3,(H,24,25)/b7-4-,13-12+/t15?,16-,17+,18?,19?/m0/s1. The van der Waals surface area contributed by atoms with Crippen LogP contribution in [0.15, 0.2) is 24.3 Å². The fourth-order valence-electron chi connectivity index (χ4n) is 3.41. The van der Waals surface area contributed by atoms with E-state index in [9.17, 15) is 20.1 Å². The number of carbonyl (C=O) groups is 1. The molecule has 5 atom stereocenters. The molecule has 0 aromatic heterocycles. The predicted octanol–water partition coefficient (Wildman–Crippen LogP) is 3.04. The molecule has 1 aliphatic rings. The van der Waals surface area contributed by atoms with Gasteiger partial charge in [0.25, 0.3) is 0 Å². The number of aliphatic hydroxyl groups excluding tert-OH is 3. The molecule has 1 rings (SSSR count). The number of hydrogen-bond donors (Lipinski definition) is 4. The third kappa shape index (κ3) is 8.66. The van der Waals surface area contributed by atoms with Crippen LogP contribution in [0.5, 0.6) is 0 Å². The van der Waals surface area contributed by atoms with Gasteiger partial charge in [0.2, 0.25) is 0 Å². The van der Waals surface area contributed by atoms with E-state index in [1.807, 2.05) is 18.2 Å². The summed E-state index contributed by atoms with van der Waals surface area (Å²) in [5.74, 6) is -1.00. The van der Waals surface area contributed by atoms with E-state index in [0.29, 0.717) is 25.7 Å². The molecule has 4 N–H and O–H groups in total. The van der Waals surface area contributed by atoms with Gasteiger partial charge in [0.05, 0.1) is 18.3 Å². The van der Waals surface area contributed by atoms with Gasteiger partial charge >= 0.3 is 5.97 Å². The van der Waals surface area contributed by atoms with Crippen LogP contribution in [-0.4, -0.2) is 44.7 Å². The first-order valence-corrected chi connectivity index (χ1v) is 9.55. The third-order valence-corrected chi connectivity index (χ3v) is 4.91. The van der Waals surface area contributed by atoms with Gasteiger partial charge in [-0.1, -0.05) is 50.5 Å². The number of carboxylic acids is 1. The Balaban J connectivity index is 2.46. The van der Waals surface area contributed by atoms with E-state index in [2.05, 4.69) is 6.92 Å². The lowest BCUT2D eigenvalue weighted by Gasteiger charge is -2.19. The van der Waals surface area contributed by atoms with Crippen molar-refractivity contribution in [1.29, 1.82) is 0 Å². The topological polar surface area (TPSA) is 98.0 Å². The second-order valence-electron chi connectivity index (χ2n) is 7.05. The molecule has 1 fully saturated rings. The van der Waals surface area contributed by atoms with Gasteiger partial charge in [0, 0.05) is 18.8 Å². The van der Waals surface area contributed by atoms with Gasteiger partial charge in [-0.15, -0.1) is 0 Å². The Bertz CT molecular complexity index is 432. The normalized spacial score (nSPS) is 28.2. The van der Waals surface area contributed by atoms with Crippen LogP contribution in [0.4, 0.5) is 0 Å². The molecule has 0 aromatic rings. The van der Waals surface area contributed by atoms with Crippen LogP contribution in [0.2, 0.25) is 0 Å². The summed E-state index contributed by atoms with van der Waals surface area (Å²) in [6.45, 7) is 2.12. The summed E-state index contributed by atoms with van der Waals surface area (Å²) in [4.78, 5) is 10.5. The highest BCUT2D eigenvalue weighted by Crippen LogP contribution is 2.36. The van der Waals surface area contributed by atoms with E-state index < -0.39 is 24.3 Å². The van der Waals surface area contributed by atoms with E-state index in [-0.39, 0.29) is 18.3 Å². The Labute approximate surface area is 151 Å². The Morgan fingerprint density at radius 3 is 2.60 bits per heavy atom. The first kappa shape index (κ1) is 21.9. The zero-order valence-electron chi connectivity index (χ0n) is 15.3. The van der Waals surface area contributed by atoms with Gasteiger partial charge in [-0.25, -0.2) is 0 Å². The van der Waals surface area contributed by atoms with Crippen molar-refractivity contribution >= 4 is 5.97 Å². The summed E-state index contributed by atoms with van der Waals surface area (Å²) in [5.41, 5.74) is 0. The van der Waals surface area contributed by atoms with Crippen LogP contribution in [0, 0.1) is 11.8 Å². The van der Waals surface area contributed by atoms with Crippen molar-refractivity contribution in [2.45, 2.75) is 83.0 Å². The largest absolute Gasteiger partial charge is 0.481 e. The number of rotatable bonds is 12. The van der Waals surface area contributed by atoms with E-state index >= 15 is 0 Å². The molecule has 0 aromatic carbocycles. The molecule has 0 saturated heterocycles. The molecule has 0 radical (unpaired) electrons. The molecule has 5 nitrogen and oxygen atoms in total. The average Bonchev–Trinajstić information content (AvgIpc) is 2.82. The molecule has 0 aliphatic heterocycles. The predicted molar refractivity (Wildman–Crippen MR) is 98.1 cm³/mol. The summed E-state index contributed by atoms with van der Waals surface area (Å²) >= 11 is 0. The highest BCUT2D eigenvalue weighted by Gasteiger charge is 2.39. The monoisotopic (exact) mass is 354 g/mol. The Morgan fingerprint density at radius 2 is 1.92 bits per heavy atom. The Morgan fingerprint density at radius 1 is 1.16 bits per heavy atom. The molecular formula is C20H34O5. The lowest BCUT2D eigenvalue weighted by molar-refractivity contribution is -0.137. The zero-order chi connectivity index (χ0) is 18.7. The van der Waals surface area contributed by atoms with Crippen LogP contribution >= 0.6 is 0 Å². The second-order valence-corrected chi connectivity index (χ2v) is 7.05. The Hall–Kier alpha value is -1.17. The van der Waals surface area contributed by atoms with E-state index in [4.69, 9.17) is 5.11 Å². The van der Waals surface area contributed by atoms with Crippen molar-refractivity contribution in [3.05, 3.63) is 24.3 Å². The maximum absolute atomic E-state index is 10.5. The zero-order valence-corrected chi connectivity index (χ0v) is 15.3. The van der Waals surface area contributed by atoms with Crippen molar-refractivity contribution in [3.63, 3.8) is 0 Å². The molecule has 0 amide bonds. The van der Waals surface area contributed by atoms with Gasteiger partial charge in [0.1, 0.15) is 0 Å². The maximum atomic E-state index is 10.5. The summed E-state index contributed by atoms with van der Waals surface area (Å²) in [7, 11) is 0. The van der Waals surface area contributed by atoms with Gasteiger partial charge in [-0.2, -0.15) is 0 Å². The molecule has 1 aliphatic carbocycles. The Kier molecular flexibility index (Phi) is 10.7. The summed E-state index contributed by atoms with van der Waals surface area (Å²) in [5, 5.41) is 39.0. The van der Waals surface area contributed by atoms with Gasteiger partial charge in [0.15, 0.2) is 0 Å². The SMILES string of the molecule is CCCCCC(O)/C=C/[C@H]1C(O)CC(O)[C@H]1C/C=C\CCCC(=O)O. The molecular weight excluding hydrogens is 320 g/mol. The highest BCUT2D eigenvalue weighted by molar-refractivity contribution is 5.66. The quantitative estimate of drug-likeness (QED) is 0.319. The summed E-state index contributed by atoms with van der Waals surface area (Å²) in [6, 6.07) is 0. The van der Waals surface area contributed by atoms with Crippen molar-refractivity contribution in [1.82, 2.24) is 0 Å². The van der Waals surface area contributed by atoms with E-state index in [0.717, 1.165) is 25.7 Å². The number of unbranched alkanes of at least 4 members (excludes halogenated alkanes) is 3. The highest BCUT2D eigenvalue weighted by atomic mass is 16.4. The molecule has 144 valence electrons. The van der Waals surface area contributed by atoms with Crippen LogP contribution < -0.4 is 0 Å². The molecule has 0 spiro atoms. The van der Waals surface area contributed by atoms with Crippen molar-refractivity contribution < 1.29 is 25.2 Å². The molecule has 25 heavy (non-hydrogen) atoms. The lowest BCUT2D eigenvalue weighted by atomic mass is 9.89. The first-order valence-electron chi connectivity index (χ1n) is 9.55. The fraction of sp³-hybridized carbons (Fsp3) is 0.750. The number of carboxylic acid groups (broad SMARTS) is 1. The third-order valence-electron chi connectivity index (χ3n) is 4.91. The molecule has 5 heteroatoms. The van der Waals surface area contributed by atoms with Crippen LogP contribution in [0.3, 0.4) is 0 Å². The lowest BCUT2D eigenvalue weighted by Crippen LogP contribution is -2.20. The number of aliphatic hydroxyl groups is 3. The molecule has 0 heterocycles. The molecule has 0 bridgehead atoms. The van der Waals surface area contributed by atoms with Crippen molar-refractivity contribution in [2.24, 2.45) is 11.8 Å². The average molecular weight is 354 g/mol. The maximum Gasteiger partial charge on any atom is 0.303 e. The summed E-state index contributed by atoms with van der Waals surface area (Å²) < 4.78 is 0. The van der Waals surface area contributed by atoms with E-state index in [1.54, 1.807) is 6.08 Å². The molecule has 1 saturated carbocycles. The van der Waals surface area contributed by atoms with Crippen molar-refractivity contribution in [3.8, 4) is 0 Å². The van der Waals surface area contributed by atoms with Gasteiger partial charge in [-0.3, -0.25) is 4.79 Å².